The minimum Gasteiger partial charge on any atom is -0.507 e. The van der Waals surface area contributed by atoms with Crippen molar-refractivity contribution in [3.63, 3.8) is 0 Å². The van der Waals surface area contributed by atoms with Crippen LogP contribution in [0.15, 0.2) is 60.7 Å². The maximum atomic E-state index is 13.3. The fourth-order valence-electron chi connectivity index (χ4n) is 4.32. The molecule has 0 aromatic heterocycles. The summed E-state index contributed by atoms with van der Waals surface area (Å²) in [5.74, 6) is -0.190. The quantitative estimate of drug-likeness (QED) is 0.224. The van der Waals surface area contributed by atoms with E-state index in [0.717, 1.165) is 24.2 Å². The largest absolute Gasteiger partial charge is 0.507 e. The summed E-state index contributed by atoms with van der Waals surface area (Å²) in [4.78, 5) is 30.2. The molecule has 2 aromatic carbocycles. The minimum atomic E-state index is -0.701. The molecule has 1 amide bonds. The molecule has 1 aliphatic rings. The van der Waals surface area contributed by atoms with Crippen molar-refractivity contribution in [2.45, 2.75) is 26.8 Å². The van der Waals surface area contributed by atoms with Crippen molar-refractivity contribution in [3.8, 4) is 11.5 Å². The number of nitrogens with zero attached hydrogens (tertiary/aromatic N) is 2. The van der Waals surface area contributed by atoms with Gasteiger partial charge in [-0.05, 0) is 61.5 Å². The van der Waals surface area contributed by atoms with Gasteiger partial charge in [-0.15, -0.1) is 0 Å². The van der Waals surface area contributed by atoms with Gasteiger partial charge in [0.1, 0.15) is 23.9 Å². The van der Waals surface area contributed by atoms with Crippen LogP contribution in [-0.2, 0) is 9.59 Å². The number of hydrogen-bond acceptors (Lipinski definition) is 6. The summed E-state index contributed by atoms with van der Waals surface area (Å²) in [6.45, 7) is 12.6. The van der Waals surface area contributed by atoms with Crippen LogP contribution >= 0.6 is 0 Å². The van der Waals surface area contributed by atoms with Crippen LogP contribution in [0, 0.1) is 6.92 Å². The standard InChI is InChI=1S/C28H34N2O5/c1-6-17-35-22-13-14-23(19(4)18-22)26(31)24-25(20-9-11-21(34-5)12-10-20)30(28(33)27(24)32)16-15-29(7-2)8-3/h6,9-14,18,25,31H,1,7-8,15-17H2,2-5H3/b26-24+. The highest BCUT2D eigenvalue weighted by Gasteiger charge is 2.46. The first kappa shape index (κ1) is 26.0. The van der Waals surface area contributed by atoms with Gasteiger partial charge in [-0.25, -0.2) is 0 Å². The Labute approximate surface area is 207 Å². The first-order valence-corrected chi connectivity index (χ1v) is 11.9. The van der Waals surface area contributed by atoms with Crippen molar-refractivity contribution in [1.82, 2.24) is 9.80 Å². The third-order valence-corrected chi connectivity index (χ3v) is 6.34. The predicted molar refractivity (Wildman–Crippen MR) is 137 cm³/mol. The number of aliphatic hydroxyl groups excluding tert-OH is 1. The van der Waals surface area contributed by atoms with E-state index < -0.39 is 17.7 Å². The molecule has 0 radical (unpaired) electrons. The lowest BCUT2D eigenvalue weighted by Crippen LogP contribution is -2.38. The Morgan fingerprint density at radius 1 is 1.11 bits per heavy atom. The molecular formula is C28H34N2O5. The van der Waals surface area contributed by atoms with Crippen molar-refractivity contribution in [3.05, 3.63) is 77.4 Å². The molecule has 1 aliphatic heterocycles. The number of aliphatic hydroxyl groups is 1. The van der Waals surface area contributed by atoms with Crippen LogP contribution in [0.2, 0.25) is 0 Å². The number of ether oxygens (including phenoxy) is 2. The van der Waals surface area contributed by atoms with E-state index in [0.29, 0.717) is 36.8 Å². The number of hydrogen-bond donors (Lipinski definition) is 1. The van der Waals surface area contributed by atoms with E-state index in [2.05, 4.69) is 25.3 Å². The number of benzene rings is 2. The van der Waals surface area contributed by atoms with Gasteiger partial charge in [0, 0.05) is 18.7 Å². The first-order valence-electron chi connectivity index (χ1n) is 11.9. The van der Waals surface area contributed by atoms with E-state index in [1.54, 1.807) is 48.4 Å². The molecule has 1 fully saturated rings. The molecule has 2 aromatic rings. The summed E-state index contributed by atoms with van der Waals surface area (Å²) >= 11 is 0. The Morgan fingerprint density at radius 2 is 1.77 bits per heavy atom. The van der Waals surface area contributed by atoms with Gasteiger partial charge in [-0.1, -0.05) is 38.6 Å². The zero-order chi connectivity index (χ0) is 25.5. The topological polar surface area (TPSA) is 79.3 Å². The number of rotatable bonds is 11. The van der Waals surface area contributed by atoms with E-state index >= 15 is 0 Å². The third-order valence-electron chi connectivity index (χ3n) is 6.34. The normalized spacial score (nSPS) is 17.2. The maximum Gasteiger partial charge on any atom is 0.295 e. The van der Waals surface area contributed by atoms with E-state index in [1.807, 2.05) is 19.1 Å². The van der Waals surface area contributed by atoms with E-state index in [1.165, 1.54) is 0 Å². The van der Waals surface area contributed by atoms with Gasteiger partial charge in [-0.2, -0.15) is 0 Å². The average Bonchev–Trinajstić information content (AvgIpc) is 3.12. The highest BCUT2D eigenvalue weighted by molar-refractivity contribution is 6.46. The van der Waals surface area contributed by atoms with Crippen molar-refractivity contribution >= 4 is 17.4 Å². The predicted octanol–water partition coefficient (Wildman–Crippen LogP) is 4.33. The van der Waals surface area contributed by atoms with Crippen molar-refractivity contribution < 1.29 is 24.2 Å². The summed E-state index contributed by atoms with van der Waals surface area (Å²) in [5.41, 5.74) is 2.03. The Hall–Kier alpha value is -3.58. The number of amides is 1. The maximum absolute atomic E-state index is 13.3. The van der Waals surface area contributed by atoms with Crippen molar-refractivity contribution in [2.75, 3.05) is 39.9 Å². The Morgan fingerprint density at radius 3 is 2.34 bits per heavy atom. The molecule has 3 rings (SSSR count). The molecule has 0 spiro atoms. The van der Waals surface area contributed by atoms with E-state index in [9.17, 15) is 14.7 Å². The lowest BCUT2D eigenvalue weighted by Gasteiger charge is -2.28. The average molecular weight is 479 g/mol. The smallest absolute Gasteiger partial charge is 0.295 e. The van der Waals surface area contributed by atoms with Crippen LogP contribution in [-0.4, -0.2) is 66.5 Å². The second kappa shape index (κ2) is 11.7. The first-order chi connectivity index (χ1) is 16.9. The van der Waals surface area contributed by atoms with Crippen LogP contribution in [0.5, 0.6) is 11.5 Å². The number of methoxy groups -OCH3 is 1. The number of carbonyl (C=O) groups is 2. The number of aryl methyl sites for hydroxylation is 1. The summed E-state index contributed by atoms with van der Waals surface area (Å²) in [6.07, 6.45) is 1.65. The molecule has 35 heavy (non-hydrogen) atoms. The molecule has 7 nitrogen and oxygen atoms in total. The highest BCUT2D eigenvalue weighted by Crippen LogP contribution is 2.40. The zero-order valence-electron chi connectivity index (χ0n) is 20.9. The molecule has 0 bridgehead atoms. The second-order valence-corrected chi connectivity index (χ2v) is 8.37. The van der Waals surface area contributed by atoms with E-state index in [-0.39, 0.29) is 11.3 Å². The van der Waals surface area contributed by atoms with Gasteiger partial charge in [0.05, 0.1) is 18.7 Å². The Kier molecular flexibility index (Phi) is 8.71. The molecule has 1 atom stereocenters. The monoisotopic (exact) mass is 478 g/mol. The van der Waals surface area contributed by atoms with Gasteiger partial charge < -0.3 is 24.4 Å². The zero-order valence-corrected chi connectivity index (χ0v) is 20.9. The van der Waals surface area contributed by atoms with Gasteiger partial charge in [0.2, 0.25) is 0 Å². The van der Waals surface area contributed by atoms with Gasteiger partial charge in [0.25, 0.3) is 11.7 Å². The SMILES string of the molecule is C=CCOc1ccc(/C(O)=C2\C(=O)C(=O)N(CCN(CC)CC)C2c2ccc(OC)cc2)c(C)c1. The molecule has 0 saturated carbocycles. The lowest BCUT2D eigenvalue weighted by molar-refractivity contribution is -0.140. The molecule has 1 heterocycles. The van der Waals surface area contributed by atoms with Crippen LogP contribution < -0.4 is 9.47 Å². The van der Waals surface area contributed by atoms with Gasteiger partial charge in [-0.3, -0.25) is 9.59 Å². The van der Waals surface area contributed by atoms with Crippen LogP contribution in [0.25, 0.3) is 5.76 Å². The Balaban J connectivity index is 2.08. The van der Waals surface area contributed by atoms with Crippen LogP contribution in [0.1, 0.15) is 36.6 Å². The fourth-order valence-corrected chi connectivity index (χ4v) is 4.32. The fraction of sp³-hybridized carbons (Fsp3) is 0.357. The number of ketones is 1. The van der Waals surface area contributed by atoms with Gasteiger partial charge in [0.15, 0.2) is 0 Å². The molecule has 186 valence electrons. The molecule has 7 heteroatoms. The summed E-state index contributed by atoms with van der Waals surface area (Å²) < 4.78 is 10.9. The number of carbonyl (C=O) groups excluding carboxylic acids is 2. The lowest BCUT2D eigenvalue weighted by atomic mass is 9.94. The summed E-state index contributed by atoms with van der Waals surface area (Å²) in [6, 6.07) is 11.7. The van der Waals surface area contributed by atoms with Crippen molar-refractivity contribution in [2.24, 2.45) is 0 Å². The molecule has 1 unspecified atom stereocenters. The second-order valence-electron chi connectivity index (χ2n) is 8.37. The molecule has 1 N–H and O–H groups in total. The number of likely N-dealkylation sites (tertiary alicyclic amines) is 1. The number of Topliss-reactive ketones (excluding diaryl/α,β-unsaturated/α-hetero) is 1. The minimum absolute atomic E-state index is 0.0857. The molecule has 1 saturated heterocycles. The van der Waals surface area contributed by atoms with E-state index in [4.69, 9.17) is 9.47 Å². The Bertz CT molecular complexity index is 1100. The molecular weight excluding hydrogens is 444 g/mol. The third kappa shape index (κ3) is 5.57. The molecule has 0 aliphatic carbocycles. The van der Waals surface area contributed by atoms with Crippen molar-refractivity contribution in [1.29, 1.82) is 0 Å². The van der Waals surface area contributed by atoms with Gasteiger partial charge >= 0.3 is 0 Å². The van der Waals surface area contributed by atoms with Crippen LogP contribution in [0.4, 0.5) is 0 Å². The number of likely N-dealkylation sites (N-methyl/N-ethyl adjacent to an activating group) is 1. The highest BCUT2D eigenvalue weighted by atomic mass is 16.5. The summed E-state index contributed by atoms with van der Waals surface area (Å²) in [5, 5.41) is 11.4. The van der Waals surface area contributed by atoms with Crippen LogP contribution in [0.3, 0.4) is 0 Å². The summed E-state index contributed by atoms with van der Waals surface area (Å²) in [7, 11) is 1.58.